The van der Waals surface area contributed by atoms with Gasteiger partial charge in [0.15, 0.2) is 0 Å². The number of aromatic nitrogens is 2. The van der Waals surface area contributed by atoms with Gasteiger partial charge in [-0.05, 0) is 18.2 Å². The van der Waals surface area contributed by atoms with Crippen molar-refractivity contribution in [3.05, 3.63) is 40.3 Å². The van der Waals surface area contributed by atoms with Crippen molar-refractivity contribution >= 4 is 11.0 Å². The maximum atomic E-state index is 12.3. The third kappa shape index (κ3) is 1.70. The van der Waals surface area contributed by atoms with E-state index in [2.05, 4.69) is 9.97 Å². The molecule has 0 atom stereocenters. The highest BCUT2D eigenvalue weighted by molar-refractivity contribution is 5.74. The molecule has 0 saturated heterocycles. The van der Waals surface area contributed by atoms with Crippen LogP contribution >= 0.6 is 0 Å². The summed E-state index contributed by atoms with van der Waals surface area (Å²) in [5.41, 5.74) is -2.23. The van der Waals surface area contributed by atoms with Crippen LogP contribution in [0.15, 0.2) is 29.2 Å². The second kappa shape index (κ2) is 3.08. The summed E-state index contributed by atoms with van der Waals surface area (Å²) in [6.07, 6.45) is -3.25. The molecule has 2 rings (SSSR count). The van der Waals surface area contributed by atoms with E-state index in [-0.39, 0.29) is 11.0 Å². The Morgan fingerprint density at radius 3 is 2.73 bits per heavy atom. The molecule has 0 amide bonds. The van der Waals surface area contributed by atoms with Gasteiger partial charge in [0, 0.05) is 11.6 Å². The van der Waals surface area contributed by atoms with Gasteiger partial charge >= 0.3 is 6.18 Å². The Bertz CT molecular complexity index is 559. The lowest BCUT2D eigenvalue weighted by atomic mass is 10.2. The number of H-pyrrole nitrogens is 1. The molecule has 0 unspecified atom stereocenters. The number of halogens is 3. The zero-order valence-corrected chi connectivity index (χ0v) is 7.30. The third-order valence-electron chi connectivity index (χ3n) is 1.92. The SMILES string of the molecule is O=c1[nH]c2ncccc2cc1C(F)(F)F. The Balaban J connectivity index is 2.79. The van der Waals surface area contributed by atoms with Crippen LogP contribution in [-0.4, -0.2) is 9.97 Å². The van der Waals surface area contributed by atoms with Gasteiger partial charge in [-0.25, -0.2) is 4.98 Å². The van der Waals surface area contributed by atoms with E-state index in [1.54, 1.807) is 0 Å². The first kappa shape index (κ1) is 9.70. The van der Waals surface area contributed by atoms with Crippen molar-refractivity contribution in [2.75, 3.05) is 0 Å². The zero-order valence-electron chi connectivity index (χ0n) is 7.30. The van der Waals surface area contributed by atoms with Crippen molar-refractivity contribution in [1.82, 2.24) is 9.97 Å². The molecular formula is C9H5F3N2O. The molecule has 0 aromatic carbocycles. The topological polar surface area (TPSA) is 45.8 Å². The second-order valence-corrected chi connectivity index (χ2v) is 2.95. The van der Waals surface area contributed by atoms with Gasteiger partial charge in [0.25, 0.3) is 5.56 Å². The first-order valence-corrected chi connectivity index (χ1v) is 4.04. The Labute approximate surface area is 81.6 Å². The summed E-state index contributed by atoms with van der Waals surface area (Å²) < 4.78 is 37.0. The van der Waals surface area contributed by atoms with Gasteiger partial charge in [0.05, 0.1) is 0 Å². The van der Waals surface area contributed by atoms with E-state index in [1.165, 1.54) is 18.3 Å². The summed E-state index contributed by atoms with van der Waals surface area (Å²) in [4.78, 5) is 16.9. The Morgan fingerprint density at radius 2 is 2.07 bits per heavy atom. The van der Waals surface area contributed by atoms with E-state index in [4.69, 9.17) is 0 Å². The molecule has 6 heteroatoms. The lowest BCUT2D eigenvalue weighted by Crippen LogP contribution is -2.21. The molecular weight excluding hydrogens is 209 g/mol. The number of aromatic amines is 1. The van der Waals surface area contributed by atoms with Crippen LogP contribution in [0.4, 0.5) is 13.2 Å². The molecule has 0 aliphatic carbocycles. The van der Waals surface area contributed by atoms with Gasteiger partial charge in [-0.3, -0.25) is 4.79 Å². The fourth-order valence-electron chi connectivity index (χ4n) is 1.25. The number of rotatable bonds is 0. The summed E-state index contributed by atoms with van der Waals surface area (Å²) in [5.74, 6) is 0. The molecule has 1 N–H and O–H groups in total. The average molecular weight is 214 g/mol. The normalized spacial score (nSPS) is 11.9. The number of nitrogens with one attached hydrogen (secondary N) is 1. The van der Waals surface area contributed by atoms with Crippen LogP contribution in [-0.2, 0) is 6.18 Å². The molecule has 2 aromatic rings. The Morgan fingerprint density at radius 1 is 1.33 bits per heavy atom. The van der Waals surface area contributed by atoms with Gasteiger partial charge in [0.2, 0.25) is 0 Å². The van der Waals surface area contributed by atoms with Crippen LogP contribution < -0.4 is 5.56 Å². The molecule has 2 aromatic heterocycles. The molecule has 3 nitrogen and oxygen atoms in total. The number of nitrogens with zero attached hydrogens (tertiary/aromatic N) is 1. The Kier molecular flexibility index (Phi) is 1.99. The van der Waals surface area contributed by atoms with Gasteiger partial charge in [-0.15, -0.1) is 0 Å². The standard InChI is InChI=1S/C9H5F3N2O/c10-9(11,12)6-4-5-2-1-3-13-7(5)14-8(6)15/h1-4H,(H,13,14,15). The monoisotopic (exact) mass is 214 g/mol. The average Bonchev–Trinajstić information content (AvgIpc) is 2.15. The largest absolute Gasteiger partial charge is 0.421 e. The maximum Gasteiger partial charge on any atom is 0.421 e. The van der Waals surface area contributed by atoms with Gasteiger partial charge in [-0.1, -0.05) is 0 Å². The van der Waals surface area contributed by atoms with Crippen LogP contribution in [0.2, 0.25) is 0 Å². The highest BCUT2D eigenvalue weighted by Gasteiger charge is 2.34. The van der Waals surface area contributed by atoms with Crippen molar-refractivity contribution in [2.45, 2.75) is 6.18 Å². The smallest absolute Gasteiger partial charge is 0.306 e. The van der Waals surface area contributed by atoms with Crippen LogP contribution in [0.25, 0.3) is 11.0 Å². The highest BCUT2D eigenvalue weighted by atomic mass is 19.4. The molecule has 0 aliphatic rings. The van der Waals surface area contributed by atoms with E-state index >= 15 is 0 Å². The summed E-state index contributed by atoms with van der Waals surface area (Å²) in [6, 6.07) is 3.75. The molecule has 0 bridgehead atoms. The minimum atomic E-state index is -4.64. The highest BCUT2D eigenvalue weighted by Crippen LogP contribution is 2.27. The van der Waals surface area contributed by atoms with Crippen molar-refractivity contribution in [3.8, 4) is 0 Å². The predicted octanol–water partition coefficient (Wildman–Crippen LogP) is 1.94. The number of pyridine rings is 2. The maximum absolute atomic E-state index is 12.3. The zero-order chi connectivity index (χ0) is 11.1. The van der Waals surface area contributed by atoms with Crippen LogP contribution in [0.1, 0.15) is 5.56 Å². The van der Waals surface area contributed by atoms with Crippen molar-refractivity contribution in [2.24, 2.45) is 0 Å². The van der Waals surface area contributed by atoms with E-state index in [9.17, 15) is 18.0 Å². The quantitative estimate of drug-likeness (QED) is 0.728. The number of fused-ring (bicyclic) bond motifs is 1. The molecule has 15 heavy (non-hydrogen) atoms. The fraction of sp³-hybridized carbons (Fsp3) is 0.111. The summed E-state index contributed by atoms with van der Waals surface area (Å²) >= 11 is 0. The Hall–Kier alpha value is -1.85. The molecule has 0 aliphatic heterocycles. The summed E-state index contributed by atoms with van der Waals surface area (Å²) in [6.45, 7) is 0. The lowest BCUT2D eigenvalue weighted by molar-refractivity contribution is -0.138. The summed E-state index contributed by atoms with van der Waals surface area (Å²) in [7, 11) is 0. The van der Waals surface area contributed by atoms with Gasteiger partial charge in [0.1, 0.15) is 11.2 Å². The van der Waals surface area contributed by atoms with Crippen LogP contribution in [0.3, 0.4) is 0 Å². The third-order valence-corrected chi connectivity index (χ3v) is 1.92. The van der Waals surface area contributed by atoms with Crippen molar-refractivity contribution in [1.29, 1.82) is 0 Å². The van der Waals surface area contributed by atoms with Crippen LogP contribution in [0, 0.1) is 0 Å². The van der Waals surface area contributed by atoms with E-state index in [1.807, 2.05) is 0 Å². The number of hydrogen-bond donors (Lipinski definition) is 1. The molecule has 2 heterocycles. The number of hydrogen-bond acceptors (Lipinski definition) is 2. The molecule has 78 valence electrons. The van der Waals surface area contributed by atoms with Crippen molar-refractivity contribution < 1.29 is 13.2 Å². The fourth-order valence-corrected chi connectivity index (χ4v) is 1.25. The van der Waals surface area contributed by atoms with Crippen molar-refractivity contribution in [3.63, 3.8) is 0 Å². The first-order valence-electron chi connectivity index (χ1n) is 4.04. The summed E-state index contributed by atoms with van der Waals surface area (Å²) in [5, 5.41) is 0.254. The minimum absolute atomic E-state index is 0.149. The second-order valence-electron chi connectivity index (χ2n) is 2.95. The first-order chi connectivity index (χ1) is 6.98. The van der Waals surface area contributed by atoms with E-state index in [0.717, 1.165) is 6.07 Å². The van der Waals surface area contributed by atoms with E-state index in [0.29, 0.717) is 0 Å². The molecule has 0 saturated carbocycles. The number of alkyl halides is 3. The molecule has 0 radical (unpaired) electrons. The van der Waals surface area contributed by atoms with Gasteiger partial charge < -0.3 is 4.98 Å². The predicted molar refractivity (Wildman–Crippen MR) is 47.4 cm³/mol. The van der Waals surface area contributed by atoms with Gasteiger partial charge in [-0.2, -0.15) is 13.2 Å². The lowest BCUT2D eigenvalue weighted by Gasteiger charge is -2.05. The minimum Gasteiger partial charge on any atom is -0.306 e. The molecule has 0 spiro atoms. The van der Waals surface area contributed by atoms with Crippen LogP contribution in [0.5, 0.6) is 0 Å². The van der Waals surface area contributed by atoms with E-state index < -0.39 is 17.3 Å². The molecule has 0 fully saturated rings.